The minimum atomic E-state index is -4.24. The van der Waals surface area contributed by atoms with E-state index in [4.69, 9.17) is 59.7 Å². The van der Waals surface area contributed by atoms with E-state index in [1.54, 1.807) is 12.3 Å². The van der Waals surface area contributed by atoms with Gasteiger partial charge in [-0.2, -0.15) is 0 Å². The molecule has 0 amide bonds. The first kappa shape index (κ1) is 45.1. The van der Waals surface area contributed by atoms with Crippen molar-refractivity contribution in [3.63, 3.8) is 0 Å². The van der Waals surface area contributed by atoms with E-state index < -0.39 is 91.2 Å². The zero-order valence-electron chi connectivity index (χ0n) is 33.0. The highest BCUT2D eigenvalue weighted by molar-refractivity contribution is 8.07. The molecule has 2 saturated heterocycles. The number of nitrogens with one attached hydrogen (secondary N) is 1. The van der Waals surface area contributed by atoms with Gasteiger partial charge in [-0.1, -0.05) is 55.4 Å². The van der Waals surface area contributed by atoms with Crippen molar-refractivity contribution in [1.82, 2.24) is 24.5 Å². The normalized spacial score (nSPS) is 31.8. The maximum atomic E-state index is 15.5. The van der Waals surface area contributed by atoms with E-state index in [2.05, 4.69) is 19.9 Å². The Balaban J connectivity index is 1.43. The maximum Gasteiger partial charge on any atom is 0.335 e. The van der Waals surface area contributed by atoms with E-state index >= 15 is 4.39 Å². The van der Waals surface area contributed by atoms with Crippen molar-refractivity contribution in [3.8, 4) is 5.88 Å². The fourth-order valence-corrected chi connectivity index (χ4v) is 20.7. The van der Waals surface area contributed by atoms with Gasteiger partial charge in [0.05, 0.1) is 25.6 Å². The van der Waals surface area contributed by atoms with Crippen LogP contribution in [-0.2, 0) is 55.0 Å². The van der Waals surface area contributed by atoms with Crippen LogP contribution in [0.2, 0.25) is 22.2 Å². The molecule has 318 valence electrons. The molecule has 0 spiro atoms. The summed E-state index contributed by atoms with van der Waals surface area (Å²) in [5, 5.41) is -0.335. The summed E-state index contributed by atoms with van der Waals surface area (Å²) in [4.78, 5) is 63.0. The first-order valence-electron chi connectivity index (χ1n) is 18.9. The van der Waals surface area contributed by atoms with E-state index in [0.717, 1.165) is 12.5 Å². The number of H-pyrrole nitrogens is 1. The summed E-state index contributed by atoms with van der Waals surface area (Å²) in [6.07, 6.45) is -0.591. The van der Waals surface area contributed by atoms with Gasteiger partial charge in [-0.3, -0.25) is 9.32 Å². The van der Waals surface area contributed by atoms with Crippen molar-refractivity contribution in [3.05, 3.63) is 47.3 Å². The van der Waals surface area contributed by atoms with E-state index in [0.29, 0.717) is 12.3 Å². The molecular formula is C33H52FN5O12P2S2Si2. The molecule has 0 aromatic carbocycles. The van der Waals surface area contributed by atoms with Gasteiger partial charge in [0.2, 0.25) is 5.88 Å². The van der Waals surface area contributed by atoms with Crippen LogP contribution in [0.5, 0.6) is 5.88 Å². The Kier molecular flexibility index (Phi) is 13.9. The number of halogens is 1. The van der Waals surface area contributed by atoms with Crippen molar-refractivity contribution in [2.24, 2.45) is 5.92 Å². The Labute approximate surface area is 342 Å². The molecule has 3 aromatic heterocycles. The Bertz CT molecular complexity index is 2020. The molecule has 17 nitrogen and oxygen atoms in total. The average molecular weight is 912 g/mol. The minimum absolute atomic E-state index is 0.0866. The fraction of sp³-hybridized carbons (Fsp3) is 0.697. The molecule has 6 rings (SSSR count). The van der Waals surface area contributed by atoms with Crippen molar-refractivity contribution >= 4 is 65.2 Å². The lowest BCUT2D eigenvalue weighted by molar-refractivity contribution is -0.0512. The molecule has 4 N–H and O–H groups in total. The van der Waals surface area contributed by atoms with E-state index in [1.807, 2.05) is 55.4 Å². The summed E-state index contributed by atoms with van der Waals surface area (Å²) >= 11 is 11.2. The Morgan fingerprint density at radius 3 is 2.26 bits per heavy atom. The third-order valence-corrected chi connectivity index (χ3v) is 23.7. The molecule has 1 saturated carbocycles. The average Bonchev–Trinajstić information content (AvgIpc) is 3.78. The summed E-state index contributed by atoms with van der Waals surface area (Å²) in [5.74, 6) is -1.04. The van der Waals surface area contributed by atoms with Gasteiger partial charge in [-0.25, -0.2) is 19.3 Å². The van der Waals surface area contributed by atoms with E-state index in [-0.39, 0.29) is 46.2 Å². The number of hydrogen-bond acceptors (Lipinski definition) is 15. The van der Waals surface area contributed by atoms with Gasteiger partial charge in [0, 0.05) is 30.8 Å². The van der Waals surface area contributed by atoms with Crippen LogP contribution < -0.4 is 10.3 Å². The summed E-state index contributed by atoms with van der Waals surface area (Å²) < 4.78 is 68.3. The number of aromatic nitrogens is 5. The lowest BCUT2D eigenvalue weighted by atomic mass is 10.1. The zero-order valence-corrected chi connectivity index (χ0v) is 38.4. The second-order valence-corrected chi connectivity index (χ2v) is 30.1. The van der Waals surface area contributed by atoms with Gasteiger partial charge in [-0.15, -0.1) is 0 Å². The van der Waals surface area contributed by atoms with Crippen LogP contribution in [0.1, 0.15) is 74.5 Å². The van der Waals surface area contributed by atoms with Crippen molar-refractivity contribution in [2.75, 3.05) is 13.2 Å². The van der Waals surface area contributed by atoms with Gasteiger partial charge < -0.3 is 55.7 Å². The van der Waals surface area contributed by atoms with Crippen LogP contribution in [0.25, 0.3) is 11.0 Å². The quantitative estimate of drug-likeness (QED) is 0.137. The van der Waals surface area contributed by atoms with Gasteiger partial charge >= 0.3 is 30.6 Å². The third kappa shape index (κ3) is 9.56. The lowest BCUT2D eigenvalue weighted by Gasteiger charge is -2.47. The number of hydrogen-bond donors (Lipinski definition) is 4. The highest BCUT2D eigenvalue weighted by Gasteiger charge is 2.60. The van der Waals surface area contributed by atoms with E-state index in [1.165, 1.54) is 10.9 Å². The van der Waals surface area contributed by atoms with Gasteiger partial charge in [0.25, 0.3) is 5.56 Å². The van der Waals surface area contributed by atoms with Crippen LogP contribution in [0, 0.1) is 11.7 Å². The molecule has 2 aliphatic heterocycles. The lowest BCUT2D eigenvalue weighted by Crippen LogP contribution is -2.62. The Hall–Kier alpha value is -1.44. The first-order chi connectivity index (χ1) is 26.7. The third-order valence-electron chi connectivity index (χ3n) is 10.8. The number of nitrogens with zero attached hydrogens (tertiary/aromatic N) is 4. The monoisotopic (exact) mass is 911 g/mol. The molecule has 2 unspecified atom stereocenters. The van der Waals surface area contributed by atoms with Crippen LogP contribution in [0.3, 0.4) is 0 Å². The number of aromatic amines is 1. The molecule has 3 aromatic rings. The Morgan fingerprint density at radius 2 is 1.63 bits per heavy atom. The number of rotatable bonds is 11. The van der Waals surface area contributed by atoms with Crippen molar-refractivity contribution < 1.29 is 55.1 Å². The zero-order chi connectivity index (χ0) is 41.7. The fourth-order valence-electron chi connectivity index (χ4n) is 7.83. The van der Waals surface area contributed by atoms with Crippen molar-refractivity contribution in [1.29, 1.82) is 0 Å². The molecule has 0 radical (unpaired) electrons. The molecule has 9 atom stereocenters. The van der Waals surface area contributed by atoms with Crippen molar-refractivity contribution in [2.45, 2.75) is 127 Å². The topological polar surface area (TPSA) is 211 Å². The summed E-state index contributed by atoms with van der Waals surface area (Å²) in [5.41, 5.74) is -1.78. The van der Waals surface area contributed by atoms with Crippen LogP contribution in [-0.4, -0.2) is 99.9 Å². The summed E-state index contributed by atoms with van der Waals surface area (Å²) in [6.45, 7) is 6.57. The summed E-state index contributed by atoms with van der Waals surface area (Å²) in [6, 6.07) is 1.61. The van der Waals surface area contributed by atoms with Crippen LogP contribution in [0.4, 0.5) is 4.39 Å². The number of ether oxygens (including phenoxy) is 2. The van der Waals surface area contributed by atoms with Crippen LogP contribution >= 0.6 is 13.4 Å². The Morgan fingerprint density at radius 1 is 0.965 bits per heavy atom. The van der Waals surface area contributed by atoms with Gasteiger partial charge in [0.15, 0.2) is 17.7 Å². The standard InChI is InChI=1S/C33H52FN5O12P2S2Si2/c1-18(2)56(43,19(3)4)51-57(20(5)6,21(7)8)50-29-26-15-45-52(41,54)48-25-12-23(46-27-9-10-35-16-36-27)11-22(25)14-44-53(42,55)49-30(29)33(47-26)39-13-24(34)28-31(39)37-17-38-32(28)40/h9-10,13,16-23,25-26,29-30,33,43H,11-12,14-15H2,1-8H3,(H,41,54)(H,42,55)(H,37,38,40)/t22-,23-,25+,26-,29-,30-,33-,52?,53?/m1/s1. The van der Waals surface area contributed by atoms with Gasteiger partial charge in [0.1, 0.15) is 36.1 Å². The first-order valence-corrected chi connectivity index (χ1v) is 28.1. The second-order valence-electron chi connectivity index (χ2n) is 15.9. The van der Waals surface area contributed by atoms with Gasteiger partial charge in [-0.05, 0) is 52.2 Å². The molecule has 57 heavy (non-hydrogen) atoms. The molecule has 3 fully saturated rings. The second kappa shape index (κ2) is 17.5. The molecule has 2 bridgehead atoms. The molecule has 5 heterocycles. The largest absolute Gasteiger partial charge is 0.474 e. The highest BCUT2D eigenvalue weighted by Crippen LogP contribution is 2.56. The highest BCUT2D eigenvalue weighted by atomic mass is 32.5. The smallest absolute Gasteiger partial charge is 0.335 e. The predicted octanol–water partition coefficient (Wildman–Crippen LogP) is 5.58. The SMILES string of the molecule is CC(C)[Si](O)(O[Si](O[C@H]1[C@H]2OP(O)(=S)OC[C@H]3C[C@@H](Oc4ccncn4)C[C@@H]3OP(O)(=S)OC[C@H]1O[C@H]2n1cc(F)c2c(=O)[nH]cnc21)(C(C)C)C(C)C)C(C)C. The van der Waals surface area contributed by atoms with Crippen LogP contribution in [0.15, 0.2) is 35.9 Å². The maximum absolute atomic E-state index is 15.5. The molecular weight excluding hydrogens is 860 g/mol. The predicted molar refractivity (Wildman–Crippen MR) is 218 cm³/mol. The molecule has 24 heteroatoms. The molecule has 3 aliphatic rings. The van der Waals surface area contributed by atoms with E-state index in [9.17, 15) is 19.4 Å². The summed E-state index contributed by atoms with van der Waals surface area (Å²) in [7, 11) is -7.11. The number of fused-ring (bicyclic) bond motifs is 4. The minimum Gasteiger partial charge on any atom is -0.474 e. The molecule has 1 aliphatic carbocycles.